The van der Waals surface area contributed by atoms with Gasteiger partial charge in [0.25, 0.3) is 6.01 Å². The molecule has 0 aliphatic heterocycles. The van der Waals surface area contributed by atoms with Crippen molar-refractivity contribution >= 4 is 34.1 Å². The molecular weight excluding hydrogens is 246 g/mol. The summed E-state index contributed by atoms with van der Waals surface area (Å²) in [5.74, 6) is 0. The Morgan fingerprint density at radius 2 is 2.22 bits per heavy atom. The van der Waals surface area contributed by atoms with Gasteiger partial charge in [0, 0.05) is 11.9 Å². The van der Waals surface area contributed by atoms with Crippen LogP contribution in [0.15, 0.2) is 40.1 Å². The third-order valence-electron chi connectivity index (χ3n) is 2.74. The molecule has 1 aromatic carbocycles. The van der Waals surface area contributed by atoms with Crippen molar-refractivity contribution in [2.24, 2.45) is 0 Å². The first kappa shape index (κ1) is 11.1. The Morgan fingerprint density at radius 3 is 2.94 bits per heavy atom. The fourth-order valence-electron chi connectivity index (χ4n) is 1.83. The Hall–Kier alpha value is -2.01. The number of para-hydroxylation sites is 1. The quantitative estimate of drug-likeness (QED) is 0.734. The smallest absolute Gasteiger partial charge is 0.298 e. The summed E-state index contributed by atoms with van der Waals surface area (Å²) in [5.41, 5.74) is 7.96. The topological polar surface area (TPSA) is 55.3 Å². The minimum atomic E-state index is 0.594. The number of nitrogens with two attached hydrogens (primary N) is 1. The number of oxazole rings is 1. The van der Waals surface area contributed by atoms with Crippen LogP contribution < -0.4 is 10.6 Å². The predicted molar refractivity (Wildman–Crippen MR) is 74.8 cm³/mol. The molecule has 0 amide bonds. The number of thiophene rings is 1. The number of aromatic nitrogens is 1. The van der Waals surface area contributed by atoms with Crippen LogP contribution in [0.2, 0.25) is 0 Å². The zero-order chi connectivity index (χ0) is 12.5. The number of rotatable bonds is 3. The van der Waals surface area contributed by atoms with Crippen LogP contribution in [0.25, 0.3) is 11.1 Å². The first-order valence-corrected chi connectivity index (χ1v) is 6.50. The molecule has 5 heteroatoms. The van der Waals surface area contributed by atoms with E-state index >= 15 is 0 Å². The van der Waals surface area contributed by atoms with Gasteiger partial charge in [-0.05, 0) is 23.6 Å². The number of benzene rings is 1. The summed E-state index contributed by atoms with van der Waals surface area (Å²) in [6.07, 6.45) is 0. The number of hydrogen-bond donors (Lipinski definition) is 1. The molecule has 3 aromatic rings. The standard InChI is InChI=1S/C13H13N3OS/c1-16(8-9-4-3-7-18-9)13-15-12-10(14)5-2-6-11(12)17-13/h2-7H,8,14H2,1H3. The number of nitrogen functional groups attached to an aromatic ring is 1. The highest BCUT2D eigenvalue weighted by atomic mass is 32.1. The minimum Gasteiger partial charge on any atom is -0.423 e. The Balaban J connectivity index is 1.92. The lowest BCUT2D eigenvalue weighted by Gasteiger charge is -2.12. The van der Waals surface area contributed by atoms with E-state index in [0.717, 1.165) is 17.6 Å². The minimum absolute atomic E-state index is 0.594. The summed E-state index contributed by atoms with van der Waals surface area (Å²) < 4.78 is 5.70. The zero-order valence-corrected chi connectivity index (χ0v) is 10.8. The van der Waals surface area contributed by atoms with E-state index in [1.807, 2.05) is 36.2 Å². The molecule has 0 aliphatic rings. The average molecular weight is 259 g/mol. The second-order valence-electron chi connectivity index (χ2n) is 4.13. The average Bonchev–Trinajstić information content (AvgIpc) is 2.97. The number of hydrogen-bond acceptors (Lipinski definition) is 5. The summed E-state index contributed by atoms with van der Waals surface area (Å²) in [6.45, 7) is 0.782. The van der Waals surface area contributed by atoms with Crippen molar-refractivity contribution in [1.82, 2.24) is 4.98 Å². The number of fused-ring (bicyclic) bond motifs is 1. The lowest BCUT2D eigenvalue weighted by atomic mass is 10.3. The molecule has 2 N–H and O–H groups in total. The molecule has 0 saturated carbocycles. The maximum atomic E-state index is 5.87. The first-order valence-electron chi connectivity index (χ1n) is 5.62. The van der Waals surface area contributed by atoms with Crippen molar-refractivity contribution in [3.05, 3.63) is 40.6 Å². The van der Waals surface area contributed by atoms with E-state index in [2.05, 4.69) is 16.4 Å². The Bertz CT molecular complexity index is 660. The van der Waals surface area contributed by atoms with Gasteiger partial charge >= 0.3 is 0 Å². The highest BCUT2D eigenvalue weighted by Crippen LogP contribution is 2.26. The zero-order valence-electron chi connectivity index (χ0n) is 9.96. The molecule has 18 heavy (non-hydrogen) atoms. The van der Waals surface area contributed by atoms with Gasteiger partial charge in [-0.15, -0.1) is 11.3 Å². The second-order valence-corrected chi connectivity index (χ2v) is 5.16. The third-order valence-corrected chi connectivity index (χ3v) is 3.60. The van der Waals surface area contributed by atoms with E-state index in [9.17, 15) is 0 Å². The highest BCUT2D eigenvalue weighted by molar-refractivity contribution is 7.09. The van der Waals surface area contributed by atoms with Crippen LogP contribution in [-0.4, -0.2) is 12.0 Å². The van der Waals surface area contributed by atoms with E-state index < -0.39 is 0 Å². The lowest BCUT2D eigenvalue weighted by molar-refractivity contribution is 0.583. The second kappa shape index (κ2) is 4.34. The van der Waals surface area contributed by atoms with Crippen molar-refractivity contribution in [3.8, 4) is 0 Å². The SMILES string of the molecule is CN(Cc1cccs1)c1nc2c(N)cccc2o1. The van der Waals surface area contributed by atoms with Gasteiger partial charge in [-0.3, -0.25) is 0 Å². The molecule has 0 aliphatic carbocycles. The first-order chi connectivity index (χ1) is 8.74. The van der Waals surface area contributed by atoms with E-state index in [-0.39, 0.29) is 0 Å². The molecule has 0 fully saturated rings. The van der Waals surface area contributed by atoms with Crippen LogP contribution in [-0.2, 0) is 6.54 Å². The molecule has 2 heterocycles. The molecule has 3 rings (SSSR count). The van der Waals surface area contributed by atoms with Crippen molar-refractivity contribution in [1.29, 1.82) is 0 Å². The predicted octanol–water partition coefficient (Wildman–Crippen LogP) is 3.11. The fraction of sp³-hybridized carbons (Fsp3) is 0.154. The van der Waals surface area contributed by atoms with Crippen LogP contribution in [0.5, 0.6) is 0 Å². The van der Waals surface area contributed by atoms with Crippen molar-refractivity contribution < 1.29 is 4.42 Å². The molecule has 4 nitrogen and oxygen atoms in total. The summed E-state index contributed by atoms with van der Waals surface area (Å²) in [5, 5.41) is 2.06. The van der Waals surface area contributed by atoms with E-state index in [0.29, 0.717) is 11.7 Å². The van der Waals surface area contributed by atoms with Crippen molar-refractivity contribution in [3.63, 3.8) is 0 Å². The summed E-state index contributed by atoms with van der Waals surface area (Å²) in [6, 6.07) is 10.3. The van der Waals surface area contributed by atoms with Crippen molar-refractivity contribution in [2.45, 2.75) is 6.54 Å². The molecule has 0 atom stereocenters. The van der Waals surface area contributed by atoms with E-state index in [1.54, 1.807) is 11.3 Å². The maximum Gasteiger partial charge on any atom is 0.298 e. The van der Waals surface area contributed by atoms with Crippen LogP contribution in [0.4, 0.5) is 11.7 Å². The van der Waals surface area contributed by atoms with Gasteiger partial charge in [-0.1, -0.05) is 12.1 Å². The molecule has 92 valence electrons. The monoisotopic (exact) mass is 259 g/mol. The van der Waals surface area contributed by atoms with Gasteiger partial charge in [0.05, 0.1) is 12.2 Å². The number of anilines is 2. The third kappa shape index (κ3) is 1.93. The molecule has 0 spiro atoms. The van der Waals surface area contributed by atoms with E-state index in [1.165, 1.54) is 4.88 Å². The van der Waals surface area contributed by atoms with Gasteiger partial charge in [0.15, 0.2) is 5.58 Å². The van der Waals surface area contributed by atoms with E-state index in [4.69, 9.17) is 10.2 Å². The molecule has 0 radical (unpaired) electrons. The van der Waals surface area contributed by atoms with Crippen LogP contribution in [0, 0.1) is 0 Å². The highest BCUT2D eigenvalue weighted by Gasteiger charge is 2.12. The molecule has 2 aromatic heterocycles. The van der Waals surface area contributed by atoms with Crippen LogP contribution in [0.3, 0.4) is 0 Å². The molecule has 0 unspecified atom stereocenters. The van der Waals surface area contributed by atoms with Gasteiger partial charge in [0.1, 0.15) is 5.52 Å². The summed E-state index contributed by atoms with van der Waals surface area (Å²) >= 11 is 1.72. The summed E-state index contributed by atoms with van der Waals surface area (Å²) in [4.78, 5) is 7.68. The Labute approximate surface area is 109 Å². The molecule has 0 bridgehead atoms. The van der Waals surface area contributed by atoms with Crippen molar-refractivity contribution in [2.75, 3.05) is 17.7 Å². The van der Waals surface area contributed by atoms with Gasteiger partial charge < -0.3 is 15.1 Å². The fourth-order valence-corrected chi connectivity index (χ4v) is 2.58. The number of nitrogens with zero attached hydrogens (tertiary/aromatic N) is 2. The summed E-state index contributed by atoms with van der Waals surface area (Å²) in [7, 11) is 1.96. The largest absolute Gasteiger partial charge is 0.423 e. The molecule has 0 saturated heterocycles. The normalized spacial score (nSPS) is 10.9. The Morgan fingerprint density at radius 1 is 1.33 bits per heavy atom. The Kier molecular flexibility index (Phi) is 2.68. The van der Waals surface area contributed by atoms with Crippen LogP contribution >= 0.6 is 11.3 Å². The maximum absolute atomic E-state index is 5.87. The van der Waals surface area contributed by atoms with Gasteiger partial charge in [0.2, 0.25) is 0 Å². The van der Waals surface area contributed by atoms with Gasteiger partial charge in [-0.25, -0.2) is 0 Å². The van der Waals surface area contributed by atoms with Gasteiger partial charge in [-0.2, -0.15) is 4.98 Å². The van der Waals surface area contributed by atoms with Crippen LogP contribution in [0.1, 0.15) is 4.88 Å². The molecular formula is C13H13N3OS. The lowest BCUT2D eigenvalue weighted by Crippen LogP contribution is -2.15.